The zero-order chi connectivity index (χ0) is 10.8. The van der Waals surface area contributed by atoms with E-state index in [1.165, 1.54) is 0 Å². The highest BCUT2D eigenvalue weighted by atomic mass is 16.2. The third kappa shape index (κ3) is 2.18. The molecule has 82 valence electrons. The second kappa shape index (κ2) is 4.02. The van der Waals surface area contributed by atoms with Crippen molar-refractivity contribution in [2.45, 2.75) is 13.0 Å². The normalized spacial score (nSPS) is 21.7. The molecule has 1 atom stereocenters. The van der Waals surface area contributed by atoms with E-state index in [0.29, 0.717) is 11.7 Å². The number of amides is 1. The fourth-order valence-corrected chi connectivity index (χ4v) is 1.81. The summed E-state index contributed by atoms with van der Waals surface area (Å²) in [6.45, 7) is 4.47. The van der Waals surface area contributed by atoms with Gasteiger partial charge in [-0.1, -0.05) is 0 Å². The van der Waals surface area contributed by atoms with Crippen molar-refractivity contribution in [1.82, 2.24) is 20.0 Å². The highest BCUT2D eigenvalue weighted by Gasteiger charge is 2.22. The molecule has 1 saturated heterocycles. The van der Waals surface area contributed by atoms with E-state index in [2.05, 4.69) is 17.3 Å². The largest absolute Gasteiger partial charge is 0.334 e. The molecule has 2 heterocycles. The van der Waals surface area contributed by atoms with Crippen LogP contribution in [0.1, 0.15) is 17.4 Å². The molecule has 0 aliphatic carbocycles. The van der Waals surface area contributed by atoms with Gasteiger partial charge in [0.2, 0.25) is 0 Å². The predicted molar refractivity (Wildman–Crippen MR) is 56.6 cm³/mol. The van der Waals surface area contributed by atoms with E-state index in [1.54, 1.807) is 16.9 Å². The molecule has 1 fully saturated rings. The standard InChI is InChI=1S/C10H16N4O/c1-8-7-14(6-4-11-8)10(15)9-3-5-13(2)12-9/h3,5,8,11H,4,6-7H2,1-2H3/t8-/m0/s1. The van der Waals surface area contributed by atoms with E-state index in [1.807, 2.05) is 11.9 Å². The lowest BCUT2D eigenvalue weighted by Gasteiger charge is -2.31. The predicted octanol–water partition coefficient (Wildman–Crippen LogP) is -0.146. The summed E-state index contributed by atoms with van der Waals surface area (Å²) >= 11 is 0. The number of piperazine rings is 1. The van der Waals surface area contributed by atoms with Crippen LogP contribution in [0.15, 0.2) is 12.3 Å². The van der Waals surface area contributed by atoms with Crippen LogP contribution in [0.4, 0.5) is 0 Å². The monoisotopic (exact) mass is 208 g/mol. The molecule has 0 radical (unpaired) electrons. The third-order valence-corrected chi connectivity index (χ3v) is 2.59. The Balaban J connectivity index is 2.07. The molecule has 2 rings (SSSR count). The van der Waals surface area contributed by atoms with E-state index in [9.17, 15) is 4.79 Å². The van der Waals surface area contributed by atoms with Gasteiger partial charge in [-0.05, 0) is 13.0 Å². The molecule has 0 spiro atoms. The first-order valence-corrected chi connectivity index (χ1v) is 5.19. The summed E-state index contributed by atoms with van der Waals surface area (Å²) in [6, 6.07) is 2.13. The average molecular weight is 208 g/mol. The molecule has 1 aromatic heterocycles. The molecule has 0 aromatic carbocycles. The fraction of sp³-hybridized carbons (Fsp3) is 0.600. The van der Waals surface area contributed by atoms with Crippen LogP contribution in [0.25, 0.3) is 0 Å². The number of hydrogen-bond donors (Lipinski definition) is 1. The molecule has 0 bridgehead atoms. The summed E-state index contributed by atoms with van der Waals surface area (Å²) in [5, 5.41) is 7.42. The van der Waals surface area contributed by atoms with Crippen LogP contribution >= 0.6 is 0 Å². The van der Waals surface area contributed by atoms with Gasteiger partial charge in [-0.2, -0.15) is 5.10 Å². The number of aryl methyl sites for hydroxylation is 1. The molecule has 1 amide bonds. The molecular weight excluding hydrogens is 192 g/mol. The first-order chi connectivity index (χ1) is 7.16. The number of carbonyl (C=O) groups is 1. The quantitative estimate of drug-likeness (QED) is 0.698. The summed E-state index contributed by atoms with van der Waals surface area (Å²) in [5.74, 6) is 0.0314. The van der Waals surface area contributed by atoms with Crippen LogP contribution in [0.2, 0.25) is 0 Å². The third-order valence-electron chi connectivity index (χ3n) is 2.59. The minimum Gasteiger partial charge on any atom is -0.334 e. The average Bonchev–Trinajstić information content (AvgIpc) is 2.64. The van der Waals surface area contributed by atoms with Crippen LogP contribution in [0.3, 0.4) is 0 Å². The van der Waals surface area contributed by atoms with Crippen LogP contribution < -0.4 is 5.32 Å². The van der Waals surface area contributed by atoms with E-state index in [-0.39, 0.29) is 5.91 Å². The van der Waals surface area contributed by atoms with Crippen molar-refractivity contribution < 1.29 is 4.79 Å². The number of aromatic nitrogens is 2. The Kier molecular flexibility index (Phi) is 2.73. The van der Waals surface area contributed by atoms with Crippen molar-refractivity contribution in [3.05, 3.63) is 18.0 Å². The van der Waals surface area contributed by atoms with Crippen molar-refractivity contribution in [3.8, 4) is 0 Å². The zero-order valence-electron chi connectivity index (χ0n) is 9.10. The van der Waals surface area contributed by atoms with Gasteiger partial charge in [-0.15, -0.1) is 0 Å². The molecule has 1 aliphatic heterocycles. The lowest BCUT2D eigenvalue weighted by molar-refractivity contribution is 0.0702. The second-order valence-electron chi connectivity index (χ2n) is 3.98. The summed E-state index contributed by atoms with van der Waals surface area (Å²) in [6.07, 6.45) is 1.79. The molecule has 1 N–H and O–H groups in total. The Morgan fingerprint density at radius 1 is 1.67 bits per heavy atom. The zero-order valence-corrected chi connectivity index (χ0v) is 9.10. The Labute approximate surface area is 89.1 Å². The highest BCUT2D eigenvalue weighted by molar-refractivity contribution is 5.92. The summed E-state index contributed by atoms with van der Waals surface area (Å²) in [4.78, 5) is 13.8. The van der Waals surface area contributed by atoms with Crippen molar-refractivity contribution in [2.24, 2.45) is 7.05 Å². The number of rotatable bonds is 1. The summed E-state index contributed by atoms with van der Waals surface area (Å²) < 4.78 is 1.65. The molecule has 15 heavy (non-hydrogen) atoms. The van der Waals surface area contributed by atoms with Gasteiger partial charge in [0.05, 0.1) is 0 Å². The Morgan fingerprint density at radius 3 is 3.07 bits per heavy atom. The number of nitrogens with zero attached hydrogens (tertiary/aromatic N) is 3. The highest BCUT2D eigenvalue weighted by Crippen LogP contribution is 2.05. The van der Waals surface area contributed by atoms with E-state index in [0.717, 1.165) is 19.6 Å². The van der Waals surface area contributed by atoms with Crippen LogP contribution in [0.5, 0.6) is 0 Å². The molecule has 5 nitrogen and oxygen atoms in total. The van der Waals surface area contributed by atoms with Gasteiger partial charge >= 0.3 is 0 Å². The minimum atomic E-state index is 0.0314. The Morgan fingerprint density at radius 2 is 2.47 bits per heavy atom. The Bertz CT molecular complexity index is 360. The van der Waals surface area contributed by atoms with Crippen LogP contribution in [0, 0.1) is 0 Å². The topological polar surface area (TPSA) is 50.2 Å². The second-order valence-corrected chi connectivity index (χ2v) is 3.98. The number of nitrogens with one attached hydrogen (secondary N) is 1. The van der Waals surface area contributed by atoms with E-state index < -0.39 is 0 Å². The van der Waals surface area contributed by atoms with E-state index in [4.69, 9.17) is 0 Å². The summed E-state index contributed by atoms with van der Waals surface area (Å²) in [7, 11) is 1.82. The maximum atomic E-state index is 12.0. The van der Waals surface area contributed by atoms with Gasteiger partial charge in [-0.25, -0.2) is 0 Å². The fourth-order valence-electron chi connectivity index (χ4n) is 1.81. The number of hydrogen-bond acceptors (Lipinski definition) is 3. The Hall–Kier alpha value is -1.36. The molecule has 1 aliphatic rings. The molecule has 1 aromatic rings. The van der Waals surface area contributed by atoms with Gasteiger partial charge in [0.1, 0.15) is 5.69 Å². The van der Waals surface area contributed by atoms with Crippen molar-refractivity contribution in [1.29, 1.82) is 0 Å². The van der Waals surface area contributed by atoms with Gasteiger partial charge < -0.3 is 10.2 Å². The van der Waals surface area contributed by atoms with Crippen LogP contribution in [-0.2, 0) is 7.05 Å². The van der Waals surface area contributed by atoms with Gasteiger partial charge in [0.15, 0.2) is 0 Å². The SMILES string of the molecule is C[C@H]1CN(C(=O)c2ccn(C)n2)CCN1. The molecular formula is C10H16N4O. The first-order valence-electron chi connectivity index (χ1n) is 5.19. The minimum absolute atomic E-state index is 0.0314. The lowest BCUT2D eigenvalue weighted by Crippen LogP contribution is -2.51. The van der Waals surface area contributed by atoms with Crippen molar-refractivity contribution in [3.63, 3.8) is 0 Å². The van der Waals surface area contributed by atoms with Crippen molar-refractivity contribution in [2.75, 3.05) is 19.6 Å². The number of carbonyl (C=O) groups excluding carboxylic acids is 1. The van der Waals surface area contributed by atoms with Gasteiger partial charge in [0.25, 0.3) is 5.91 Å². The van der Waals surface area contributed by atoms with E-state index >= 15 is 0 Å². The van der Waals surface area contributed by atoms with Crippen molar-refractivity contribution >= 4 is 5.91 Å². The molecule has 0 saturated carbocycles. The smallest absolute Gasteiger partial charge is 0.274 e. The van der Waals surface area contributed by atoms with Gasteiger partial charge in [0, 0.05) is 38.9 Å². The lowest BCUT2D eigenvalue weighted by atomic mass is 10.2. The van der Waals surface area contributed by atoms with Crippen LogP contribution in [-0.4, -0.2) is 46.3 Å². The van der Waals surface area contributed by atoms with Gasteiger partial charge in [-0.3, -0.25) is 9.48 Å². The molecule has 0 unspecified atom stereocenters. The maximum Gasteiger partial charge on any atom is 0.274 e. The summed E-state index contributed by atoms with van der Waals surface area (Å²) in [5.41, 5.74) is 0.534. The molecule has 5 heteroatoms. The first kappa shape index (κ1) is 10.2. The maximum absolute atomic E-state index is 12.0.